The molecule has 2 nitrogen and oxygen atoms in total. The Labute approximate surface area is 67.9 Å². The lowest BCUT2D eigenvalue weighted by Gasteiger charge is -2.32. The summed E-state index contributed by atoms with van der Waals surface area (Å²) in [5.41, 5.74) is 0.0670. The lowest BCUT2D eigenvalue weighted by molar-refractivity contribution is -0.135. The maximum absolute atomic E-state index is 11.4. The van der Waals surface area contributed by atoms with Gasteiger partial charge in [-0.3, -0.25) is 4.79 Å². The number of ether oxygens (including phenoxy) is 1. The Balaban J connectivity index is 2.62. The van der Waals surface area contributed by atoms with Crippen molar-refractivity contribution in [2.45, 2.75) is 27.2 Å². The first-order valence-electron chi connectivity index (χ1n) is 4.12. The minimum atomic E-state index is 0.0670. The molecule has 64 valence electrons. The van der Waals surface area contributed by atoms with Crippen molar-refractivity contribution in [3.63, 3.8) is 0 Å². The Kier molecular flexibility index (Phi) is 2.33. The predicted octanol–water partition coefficient (Wildman–Crippen LogP) is 1.64. The monoisotopic (exact) mass is 156 g/mol. The quantitative estimate of drug-likeness (QED) is 0.533. The molecule has 0 aromatic carbocycles. The fourth-order valence-electron chi connectivity index (χ4n) is 1.37. The molecule has 0 aromatic heterocycles. The van der Waals surface area contributed by atoms with Crippen LogP contribution >= 0.6 is 0 Å². The summed E-state index contributed by atoms with van der Waals surface area (Å²) in [5.74, 6) is 0.472. The van der Waals surface area contributed by atoms with E-state index in [1.807, 2.05) is 0 Å². The Morgan fingerprint density at radius 2 is 2.09 bits per heavy atom. The van der Waals surface area contributed by atoms with Crippen LogP contribution in [0.15, 0.2) is 0 Å². The molecule has 1 atom stereocenters. The molecule has 1 aliphatic heterocycles. The average Bonchev–Trinajstić information content (AvgIpc) is 1.86. The van der Waals surface area contributed by atoms with Crippen LogP contribution in [0.4, 0.5) is 0 Å². The van der Waals surface area contributed by atoms with E-state index in [1.165, 1.54) is 0 Å². The van der Waals surface area contributed by atoms with Crippen LogP contribution in [0.25, 0.3) is 0 Å². The zero-order valence-corrected chi connectivity index (χ0v) is 7.52. The van der Waals surface area contributed by atoms with Crippen molar-refractivity contribution >= 4 is 5.78 Å². The maximum Gasteiger partial charge on any atom is 0.141 e. The first-order chi connectivity index (χ1) is 5.02. The average molecular weight is 156 g/mol. The first-order valence-corrected chi connectivity index (χ1v) is 4.12. The molecule has 0 aromatic rings. The molecule has 1 unspecified atom stereocenters. The number of hydrogen-bond donors (Lipinski definition) is 0. The Morgan fingerprint density at radius 1 is 1.45 bits per heavy atom. The highest BCUT2D eigenvalue weighted by molar-refractivity contribution is 5.82. The molecule has 0 N–H and O–H groups in total. The van der Waals surface area contributed by atoms with Crippen LogP contribution in [0.3, 0.4) is 0 Å². The Morgan fingerprint density at radius 3 is 2.45 bits per heavy atom. The van der Waals surface area contributed by atoms with Crippen LogP contribution in [0.5, 0.6) is 0 Å². The van der Waals surface area contributed by atoms with Gasteiger partial charge < -0.3 is 4.74 Å². The van der Waals surface area contributed by atoms with Gasteiger partial charge in [-0.2, -0.15) is 0 Å². The molecule has 0 spiro atoms. The molecule has 1 rings (SSSR count). The van der Waals surface area contributed by atoms with E-state index >= 15 is 0 Å². The van der Waals surface area contributed by atoms with Gasteiger partial charge in [-0.25, -0.2) is 0 Å². The third-order valence-corrected chi connectivity index (χ3v) is 2.21. The molecule has 0 saturated carbocycles. The minimum Gasteiger partial charge on any atom is -0.380 e. The molecule has 1 fully saturated rings. The van der Waals surface area contributed by atoms with Crippen molar-refractivity contribution in [2.24, 2.45) is 11.3 Å². The van der Waals surface area contributed by atoms with Gasteiger partial charge in [-0.1, -0.05) is 20.8 Å². The first kappa shape index (κ1) is 8.72. The molecule has 1 saturated heterocycles. The standard InChI is InChI=1S/C9H16O2/c1-9(2,3)7-6-11-5-4-8(7)10/h7H,4-6H2,1-3H3. The largest absolute Gasteiger partial charge is 0.380 e. The minimum absolute atomic E-state index is 0.0670. The summed E-state index contributed by atoms with van der Waals surface area (Å²) in [6, 6.07) is 0. The van der Waals surface area contributed by atoms with Crippen molar-refractivity contribution in [3.05, 3.63) is 0 Å². The SMILES string of the molecule is CC(C)(C)C1COCCC1=O. The lowest BCUT2D eigenvalue weighted by atomic mass is 9.77. The zero-order chi connectivity index (χ0) is 8.48. The highest BCUT2D eigenvalue weighted by Gasteiger charge is 2.33. The summed E-state index contributed by atoms with van der Waals surface area (Å²) in [6.07, 6.45) is 0.599. The number of rotatable bonds is 0. The molecule has 0 amide bonds. The van der Waals surface area contributed by atoms with Gasteiger partial charge in [0.2, 0.25) is 0 Å². The molecule has 0 bridgehead atoms. The molecule has 2 heteroatoms. The summed E-state index contributed by atoms with van der Waals surface area (Å²) in [6.45, 7) is 7.49. The van der Waals surface area contributed by atoms with Gasteiger partial charge in [-0.05, 0) is 5.41 Å². The van der Waals surface area contributed by atoms with Gasteiger partial charge in [0.05, 0.1) is 13.2 Å². The zero-order valence-electron chi connectivity index (χ0n) is 7.52. The van der Waals surface area contributed by atoms with E-state index in [0.717, 1.165) is 0 Å². The fraction of sp³-hybridized carbons (Fsp3) is 0.889. The van der Waals surface area contributed by atoms with E-state index < -0.39 is 0 Å². The topological polar surface area (TPSA) is 26.3 Å². The smallest absolute Gasteiger partial charge is 0.141 e. The normalized spacial score (nSPS) is 27.2. The van der Waals surface area contributed by atoms with Crippen molar-refractivity contribution in [1.82, 2.24) is 0 Å². The summed E-state index contributed by atoms with van der Waals surface area (Å²) < 4.78 is 5.26. The van der Waals surface area contributed by atoms with Gasteiger partial charge >= 0.3 is 0 Å². The number of Topliss-reactive ketones (excluding diaryl/α,β-unsaturated/α-hetero) is 1. The fourth-order valence-corrected chi connectivity index (χ4v) is 1.37. The predicted molar refractivity (Wildman–Crippen MR) is 43.4 cm³/mol. The lowest BCUT2D eigenvalue weighted by Crippen LogP contribution is -2.36. The van der Waals surface area contributed by atoms with Crippen molar-refractivity contribution in [3.8, 4) is 0 Å². The third kappa shape index (κ3) is 2.03. The van der Waals surface area contributed by atoms with E-state index in [9.17, 15) is 4.79 Å². The van der Waals surface area contributed by atoms with Crippen molar-refractivity contribution in [2.75, 3.05) is 13.2 Å². The van der Waals surface area contributed by atoms with Crippen LogP contribution in [0.2, 0.25) is 0 Å². The summed E-state index contributed by atoms with van der Waals surface area (Å²) >= 11 is 0. The number of hydrogen-bond acceptors (Lipinski definition) is 2. The van der Waals surface area contributed by atoms with Gasteiger partial charge in [0.1, 0.15) is 5.78 Å². The van der Waals surface area contributed by atoms with E-state index in [2.05, 4.69) is 20.8 Å². The molecule has 0 aliphatic carbocycles. The second-order valence-corrected chi connectivity index (χ2v) is 4.21. The molecular formula is C9H16O2. The molecule has 11 heavy (non-hydrogen) atoms. The number of ketones is 1. The number of carbonyl (C=O) groups excluding carboxylic acids is 1. The summed E-state index contributed by atoms with van der Waals surface area (Å²) in [4.78, 5) is 11.4. The van der Waals surface area contributed by atoms with Gasteiger partial charge in [0.25, 0.3) is 0 Å². The molecule has 0 radical (unpaired) electrons. The van der Waals surface area contributed by atoms with Crippen molar-refractivity contribution in [1.29, 1.82) is 0 Å². The second-order valence-electron chi connectivity index (χ2n) is 4.21. The third-order valence-electron chi connectivity index (χ3n) is 2.21. The molecule has 1 aliphatic rings. The Bertz CT molecular complexity index is 155. The Hall–Kier alpha value is -0.370. The summed E-state index contributed by atoms with van der Waals surface area (Å²) in [7, 11) is 0. The maximum atomic E-state index is 11.4. The summed E-state index contributed by atoms with van der Waals surface area (Å²) in [5, 5.41) is 0. The van der Waals surface area contributed by atoms with Crippen LogP contribution in [0, 0.1) is 11.3 Å². The van der Waals surface area contributed by atoms with Crippen LogP contribution in [-0.2, 0) is 9.53 Å². The molecule has 1 heterocycles. The molecular weight excluding hydrogens is 140 g/mol. The highest BCUT2D eigenvalue weighted by atomic mass is 16.5. The van der Waals surface area contributed by atoms with E-state index in [1.54, 1.807) is 0 Å². The van der Waals surface area contributed by atoms with Crippen LogP contribution < -0.4 is 0 Å². The van der Waals surface area contributed by atoms with Gasteiger partial charge in [0, 0.05) is 12.3 Å². The van der Waals surface area contributed by atoms with Gasteiger partial charge in [-0.15, -0.1) is 0 Å². The van der Waals surface area contributed by atoms with Crippen LogP contribution in [-0.4, -0.2) is 19.0 Å². The number of carbonyl (C=O) groups is 1. The second kappa shape index (κ2) is 2.94. The van der Waals surface area contributed by atoms with Gasteiger partial charge in [0.15, 0.2) is 0 Å². The van der Waals surface area contributed by atoms with E-state index in [4.69, 9.17) is 4.74 Å². The van der Waals surface area contributed by atoms with Crippen molar-refractivity contribution < 1.29 is 9.53 Å². The highest BCUT2D eigenvalue weighted by Crippen LogP contribution is 2.29. The van der Waals surface area contributed by atoms with Crippen LogP contribution in [0.1, 0.15) is 27.2 Å². The van der Waals surface area contributed by atoms with E-state index in [-0.39, 0.29) is 11.3 Å². The van der Waals surface area contributed by atoms with E-state index in [0.29, 0.717) is 25.4 Å².